The van der Waals surface area contributed by atoms with Gasteiger partial charge in [-0.1, -0.05) is 30.1 Å². The van der Waals surface area contributed by atoms with Gasteiger partial charge in [0.05, 0.1) is 13.7 Å². The molecule has 116 valence electrons. The third-order valence-corrected chi connectivity index (χ3v) is 4.10. The highest BCUT2D eigenvalue weighted by atomic mass is 16.5. The summed E-state index contributed by atoms with van der Waals surface area (Å²) in [6, 6.07) is 9.48. The van der Waals surface area contributed by atoms with E-state index in [1.165, 1.54) is 0 Å². The summed E-state index contributed by atoms with van der Waals surface area (Å²) in [4.78, 5) is 12.0. The summed E-state index contributed by atoms with van der Waals surface area (Å²) >= 11 is 0. The molecule has 3 rings (SSSR count). The Morgan fingerprint density at radius 2 is 2.14 bits per heavy atom. The van der Waals surface area contributed by atoms with Crippen LogP contribution in [0.25, 0.3) is 11.3 Å². The normalized spacial score (nSPS) is 15.0. The molecule has 1 aromatic heterocycles. The molecule has 22 heavy (non-hydrogen) atoms. The van der Waals surface area contributed by atoms with Crippen LogP contribution in [0.4, 0.5) is 0 Å². The van der Waals surface area contributed by atoms with Crippen LogP contribution >= 0.6 is 0 Å². The Kier molecular flexibility index (Phi) is 4.42. The highest BCUT2D eigenvalue weighted by molar-refractivity contribution is 5.78. The standard InChI is InChI=1S/C17H20N2O3/c1-21-16-9-5-4-8-14(16)15-10-13(22-19-15)11-18-17(20)12-6-2-3-7-12/h4-5,8-10,12H,2-3,6-7,11H2,1H3,(H,18,20). The number of benzene rings is 1. The quantitative estimate of drug-likeness (QED) is 0.921. The Labute approximate surface area is 129 Å². The van der Waals surface area contributed by atoms with Crippen LogP contribution in [0.3, 0.4) is 0 Å². The molecule has 5 heteroatoms. The molecule has 2 aromatic rings. The molecule has 0 saturated heterocycles. The second kappa shape index (κ2) is 6.64. The first-order valence-electron chi connectivity index (χ1n) is 7.64. The molecule has 0 unspecified atom stereocenters. The van der Waals surface area contributed by atoms with E-state index in [-0.39, 0.29) is 11.8 Å². The van der Waals surface area contributed by atoms with Gasteiger partial charge in [-0.25, -0.2) is 0 Å². The van der Waals surface area contributed by atoms with Gasteiger partial charge in [0.25, 0.3) is 0 Å². The van der Waals surface area contributed by atoms with Gasteiger partial charge in [-0.2, -0.15) is 0 Å². The molecular weight excluding hydrogens is 280 g/mol. The molecule has 1 aromatic carbocycles. The van der Waals surface area contributed by atoms with Crippen molar-refractivity contribution in [3.63, 3.8) is 0 Å². The summed E-state index contributed by atoms with van der Waals surface area (Å²) in [6.45, 7) is 0.373. The fourth-order valence-corrected chi connectivity index (χ4v) is 2.89. The summed E-state index contributed by atoms with van der Waals surface area (Å²) in [5.74, 6) is 1.67. The smallest absolute Gasteiger partial charge is 0.223 e. The van der Waals surface area contributed by atoms with Gasteiger partial charge in [0.2, 0.25) is 5.91 Å². The fraction of sp³-hybridized carbons (Fsp3) is 0.412. The number of hydrogen-bond donors (Lipinski definition) is 1. The highest BCUT2D eigenvalue weighted by Crippen LogP contribution is 2.29. The van der Waals surface area contributed by atoms with E-state index in [4.69, 9.17) is 9.26 Å². The van der Waals surface area contributed by atoms with Crippen molar-refractivity contribution in [2.24, 2.45) is 5.92 Å². The van der Waals surface area contributed by atoms with E-state index in [2.05, 4.69) is 10.5 Å². The van der Waals surface area contributed by atoms with Crippen molar-refractivity contribution in [3.8, 4) is 17.0 Å². The predicted octanol–water partition coefficient (Wildman–Crippen LogP) is 3.16. The van der Waals surface area contributed by atoms with Gasteiger partial charge in [-0.15, -0.1) is 0 Å². The summed E-state index contributed by atoms with van der Waals surface area (Å²) in [5.41, 5.74) is 1.59. The first kappa shape index (κ1) is 14.6. The lowest BCUT2D eigenvalue weighted by Gasteiger charge is -2.08. The van der Waals surface area contributed by atoms with Crippen molar-refractivity contribution in [2.45, 2.75) is 32.2 Å². The van der Waals surface area contributed by atoms with Gasteiger partial charge in [0.1, 0.15) is 11.4 Å². The van der Waals surface area contributed by atoms with E-state index in [0.29, 0.717) is 18.0 Å². The molecule has 1 aliphatic rings. The maximum absolute atomic E-state index is 12.0. The third kappa shape index (κ3) is 3.13. The van der Waals surface area contributed by atoms with Crippen LogP contribution in [0.5, 0.6) is 5.75 Å². The molecule has 5 nitrogen and oxygen atoms in total. The van der Waals surface area contributed by atoms with Crippen LogP contribution in [-0.4, -0.2) is 18.2 Å². The van der Waals surface area contributed by atoms with Gasteiger partial charge >= 0.3 is 0 Å². The van der Waals surface area contributed by atoms with Crippen molar-refractivity contribution in [3.05, 3.63) is 36.1 Å². The average Bonchev–Trinajstić information content (AvgIpc) is 3.24. The van der Waals surface area contributed by atoms with Crippen LogP contribution in [0.15, 0.2) is 34.9 Å². The monoisotopic (exact) mass is 300 g/mol. The van der Waals surface area contributed by atoms with Gasteiger partial charge in [-0.05, 0) is 25.0 Å². The van der Waals surface area contributed by atoms with Gasteiger partial charge in [0.15, 0.2) is 5.76 Å². The molecule has 0 spiro atoms. The number of nitrogens with one attached hydrogen (secondary N) is 1. The minimum Gasteiger partial charge on any atom is -0.496 e. The first-order valence-corrected chi connectivity index (χ1v) is 7.64. The van der Waals surface area contributed by atoms with Crippen LogP contribution in [0.2, 0.25) is 0 Å². The van der Waals surface area contributed by atoms with E-state index < -0.39 is 0 Å². The number of ether oxygens (including phenoxy) is 1. The second-order valence-electron chi connectivity index (χ2n) is 5.58. The van der Waals surface area contributed by atoms with Gasteiger partial charge in [-0.3, -0.25) is 4.79 Å². The van der Waals surface area contributed by atoms with Crippen molar-refractivity contribution in [1.29, 1.82) is 0 Å². The molecule has 0 atom stereocenters. The molecular formula is C17H20N2O3. The first-order chi connectivity index (χ1) is 10.8. The highest BCUT2D eigenvalue weighted by Gasteiger charge is 2.22. The Morgan fingerprint density at radius 1 is 1.36 bits per heavy atom. The van der Waals surface area contributed by atoms with E-state index in [1.807, 2.05) is 30.3 Å². The molecule has 1 heterocycles. The summed E-state index contributed by atoms with van der Waals surface area (Å²) < 4.78 is 10.6. The molecule has 1 amide bonds. The number of nitrogens with zero attached hydrogens (tertiary/aromatic N) is 1. The maximum Gasteiger partial charge on any atom is 0.223 e. The zero-order valence-corrected chi connectivity index (χ0v) is 12.7. The number of amides is 1. The molecule has 0 radical (unpaired) electrons. The lowest BCUT2D eigenvalue weighted by molar-refractivity contribution is -0.125. The average molecular weight is 300 g/mol. The molecule has 1 fully saturated rings. The number of aromatic nitrogens is 1. The molecule has 1 N–H and O–H groups in total. The predicted molar refractivity (Wildman–Crippen MR) is 82.3 cm³/mol. The topological polar surface area (TPSA) is 64.4 Å². The summed E-state index contributed by atoms with van der Waals surface area (Å²) in [7, 11) is 1.63. The zero-order valence-electron chi connectivity index (χ0n) is 12.7. The minimum absolute atomic E-state index is 0.118. The van der Waals surface area contributed by atoms with Crippen LogP contribution in [0.1, 0.15) is 31.4 Å². The largest absolute Gasteiger partial charge is 0.496 e. The van der Waals surface area contributed by atoms with Gasteiger partial charge < -0.3 is 14.6 Å². The fourth-order valence-electron chi connectivity index (χ4n) is 2.89. The number of carbonyl (C=O) groups is 1. The van der Waals surface area contributed by atoms with Gasteiger partial charge in [0, 0.05) is 17.5 Å². The number of hydrogen-bond acceptors (Lipinski definition) is 4. The van der Waals surface area contributed by atoms with Crippen LogP contribution in [0, 0.1) is 5.92 Å². The van der Waals surface area contributed by atoms with Crippen molar-refractivity contribution in [2.75, 3.05) is 7.11 Å². The van der Waals surface area contributed by atoms with Crippen molar-refractivity contribution < 1.29 is 14.1 Å². The van der Waals surface area contributed by atoms with E-state index in [1.54, 1.807) is 7.11 Å². The summed E-state index contributed by atoms with van der Waals surface area (Å²) in [5, 5.41) is 6.99. The third-order valence-electron chi connectivity index (χ3n) is 4.10. The maximum atomic E-state index is 12.0. The summed E-state index contributed by atoms with van der Waals surface area (Å²) in [6.07, 6.45) is 4.29. The van der Waals surface area contributed by atoms with E-state index in [9.17, 15) is 4.79 Å². The molecule has 1 saturated carbocycles. The molecule has 0 bridgehead atoms. The number of methoxy groups -OCH3 is 1. The zero-order chi connectivity index (χ0) is 15.4. The number of rotatable bonds is 5. The van der Waals surface area contributed by atoms with E-state index >= 15 is 0 Å². The SMILES string of the molecule is COc1ccccc1-c1cc(CNC(=O)C2CCCC2)on1. The molecule has 1 aliphatic carbocycles. The Bertz CT molecular complexity index is 645. The number of para-hydroxylation sites is 1. The van der Waals surface area contributed by atoms with E-state index in [0.717, 1.165) is 37.0 Å². The van der Waals surface area contributed by atoms with Crippen molar-refractivity contribution >= 4 is 5.91 Å². The number of carbonyl (C=O) groups excluding carboxylic acids is 1. The Balaban J connectivity index is 1.65. The Hall–Kier alpha value is -2.30. The van der Waals surface area contributed by atoms with Crippen LogP contribution in [-0.2, 0) is 11.3 Å². The lowest BCUT2D eigenvalue weighted by atomic mass is 10.1. The Morgan fingerprint density at radius 3 is 2.91 bits per heavy atom. The van der Waals surface area contributed by atoms with Crippen LogP contribution < -0.4 is 10.1 Å². The lowest BCUT2D eigenvalue weighted by Crippen LogP contribution is -2.28. The second-order valence-corrected chi connectivity index (χ2v) is 5.58. The van der Waals surface area contributed by atoms with Crippen molar-refractivity contribution in [1.82, 2.24) is 10.5 Å². The minimum atomic E-state index is 0.118. The molecule has 0 aliphatic heterocycles.